The first-order valence-electron chi connectivity index (χ1n) is 7.62. The van der Waals surface area contributed by atoms with E-state index in [9.17, 15) is 14.7 Å². The summed E-state index contributed by atoms with van der Waals surface area (Å²) in [6.07, 6.45) is -0.647. The Kier molecular flexibility index (Phi) is 5.46. The fourth-order valence-electron chi connectivity index (χ4n) is 2.84. The number of amides is 1. The molecular weight excluding hydrogens is 294 g/mol. The van der Waals surface area contributed by atoms with E-state index >= 15 is 0 Å². The summed E-state index contributed by atoms with van der Waals surface area (Å²) in [6.45, 7) is 10.8. The highest BCUT2D eigenvalue weighted by Crippen LogP contribution is 2.33. The number of hydrogen-bond acceptors (Lipinski definition) is 3. The van der Waals surface area contributed by atoms with E-state index in [4.69, 9.17) is 4.74 Å². The third kappa shape index (κ3) is 4.47. The molecule has 0 radical (unpaired) electrons. The van der Waals surface area contributed by atoms with Gasteiger partial charge in [0.05, 0.1) is 0 Å². The predicted molar refractivity (Wildman–Crippen MR) is 89.6 cm³/mol. The number of benzene rings is 1. The standard InChI is InChI=1S/C18H27NO4/c1-12-10-8-9-11-13(12)18(5,6)14(15(20)21)19(7)16(22)23-17(2,3)4/h8-11,14H,1-7H3,(H,20,21). The van der Waals surface area contributed by atoms with Gasteiger partial charge in [-0.3, -0.25) is 4.90 Å². The number of hydrogen-bond donors (Lipinski definition) is 1. The fourth-order valence-corrected chi connectivity index (χ4v) is 2.84. The average molecular weight is 321 g/mol. The molecule has 1 atom stereocenters. The van der Waals surface area contributed by atoms with Gasteiger partial charge in [0.1, 0.15) is 11.6 Å². The number of carbonyl (C=O) groups excluding carboxylic acids is 1. The van der Waals surface area contributed by atoms with Gasteiger partial charge in [-0.1, -0.05) is 38.1 Å². The van der Waals surface area contributed by atoms with Crippen LogP contribution >= 0.6 is 0 Å². The molecule has 0 saturated heterocycles. The van der Waals surface area contributed by atoms with Gasteiger partial charge < -0.3 is 9.84 Å². The lowest BCUT2D eigenvalue weighted by molar-refractivity contribution is -0.145. The molecule has 0 aromatic heterocycles. The lowest BCUT2D eigenvalue weighted by Gasteiger charge is -2.39. The first-order chi connectivity index (χ1) is 10.4. The Labute approximate surface area is 138 Å². The van der Waals surface area contributed by atoms with Crippen molar-refractivity contribution in [2.45, 2.75) is 58.6 Å². The summed E-state index contributed by atoms with van der Waals surface area (Å²) in [5.41, 5.74) is 0.425. The maximum absolute atomic E-state index is 12.3. The highest BCUT2D eigenvalue weighted by molar-refractivity contribution is 5.82. The SMILES string of the molecule is Cc1ccccc1C(C)(C)C(C(=O)O)N(C)C(=O)OC(C)(C)C. The maximum atomic E-state index is 12.3. The zero-order valence-electron chi connectivity index (χ0n) is 15.0. The van der Waals surface area contributed by atoms with Crippen LogP contribution in [-0.4, -0.2) is 40.8 Å². The average Bonchev–Trinajstić information content (AvgIpc) is 2.36. The van der Waals surface area contributed by atoms with Gasteiger partial charge in [0.25, 0.3) is 0 Å². The molecule has 0 bridgehead atoms. The van der Waals surface area contributed by atoms with Crippen LogP contribution in [0.4, 0.5) is 4.79 Å². The zero-order chi connectivity index (χ0) is 18.0. The molecule has 5 heteroatoms. The number of carbonyl (C=O) groups is 2. The molecule has 0 heterocycles. The lowest BCUT2D eigenvalue weighted by atomic mass is 9.75. The van der Waals surface area contributed by atoms with E-state index in [1.165, 1.54) is 11.9 Å². The Balaban J connectivity index is 3.23. The summed E-state index contributed by atoms with van der Waals surface area (Å²) in [5.74, 6) is -1.06. The Hall–Kier alpha value is -2.04. The predicted octanol–water partition coefficient (Wildman–Crippen LogP) is 3.59. The molecule has 23 heavy (non-hydrogen) atoms. The zero-order valence-corrected chi connectivity index (χ0v) is 15.0. The molecule has 1 unspecified atom stereocenters. The number of ether oxygens (including phenoxy) is 1. The van der Waals surface area contributed by atoms with Crippen molar-refractivity contribution in [1.29, 1.82) is 0 Å². The van der Waals surface area contributed by atoms with Crippen LogP contribution in [0, 0.1) is 6.92 Å². The minimum atomic E-state index is -1.06. The quantitative estimate of drug-likeness (QED) is 0.920. The number of carboxylic acids is 1. The van der Waals surface area contributed by atoms with Crippen LogP contribution in [0.1, 0.15) is 45.7 Å². The van der Waals surface area contributed by atoms with E-state index in [-0.39, 0.29) is 0 Å². The molecule has 1 N–H and O–H groups in total. The molecule has 5 nitrogen and oxygen atoms in total. The number of nitrogens with zero attached hydrogens (tertiary/aromatic N) is 1. The van der Waals surface area contributed by atoms with Crippen LogP contribution in [-0.2, 0) is 14.9 Å². The van der Waals surface area contributed by atoms with Gasteiger partial charge >= 0.3 is 12.1 Å². The van der Waals surface area contributed by atoms with Crippen molar-refractivity contribution in [2.75, 3.05) is 7.05 Å². The number of aryl methyl sites for hydroxylation is 1. The smallest absolute Gasteiger partial charge is 0.410 e. The highest BCUT2D eigenvalue weighted by atomic mass is 16.6. The molecule has 1 aromatic rings. The van der Waals surface area contributed by atoms with Gasteiger partial charge in [0, 0.05) is 12.5 Å². The third-order valence-corrected chi connectivity index (χ3v) is 3.83. The van der Waals surface area contributed by atoms with Gasteiger partial charge in [-0.15, -0.1) is 0 Å². The van der Waals surface area contributed by atoms with Crippen molar-refractivity contribution < 1.29 is 19.4 Å². The molecule has 128 valence electrons. The summed E-state index contributed by atoms with van der Waals surface area (Å²) in [5, 5.41) is 9.73. The van der Waals surface area contributed by atoms with Crippen LogP contribution in [0.3, 0.4) is 0 Å². The fraction of sp³-hybridized carbons (Fsp3) is 0.556. The van der Waals surface area contributed by atoms with Crippen LogP contribution in [0.25, 0.3) is 0 Å². The van der Waals surface area contributed by atoms with Crippen molar-refractivity contribution in [3.8, 4) is 0 Å². The lowest BCUT2D eigenvalue weighted by Crippen LogP contribution is -2.54. The monoisotopic (exact) mass is 321 g/mol. The van der Waals surface area contributed by atoms with Crippen LogP contribution in [0.2, 0.25) is 0 Å². The molecule has 0 aliphatic rings. The number of aliphatic carboxylic acids is 1. The topological polar surface area (TPSA) is 66.8 Å². The molecule has 0 aliphatic carbocycles. The van der Waals surface area contributed by atoms with Crippen LogP contribution < -0.4 is 0 Å². The molecule has 0 fully saturated rings. The van der Waals surface area contributed by atoms with Crippen molar-refractivity contribution >= 4 is 12.1 Å². The molecule has 0 aliphatic heterocycles. The van der Waals surface area contributed by atoms with E-state index in [2.05, 4.69) is 0 Å². The highest BCUT2D eigenvalue weighted by Gasteiger charge is 2.43. The molecule has 1 amide bonds. The second kappa shape index (κ2) is 6.60. The summed E-state index contributed by atoms with van der Waals surface area (Å²) >= 11 is 0. The van der Waals surface area contributed by atoms with Crippen LogP contribution in [0.5, 0.6) is 0 Å². The van der Waals surface area contributed by atoms with E-state index < -0.39 is 29.1 Å². The second-order valence-corrected chi connectivity index (χ2v) is 7.37. The van der Waals surface area contributed by atoms with Crippen molar-refractivity contribution in [2.24, 2.45) is 0 Å². The Morgan fingerprint density at radius 2 is 1.65 bits per heavy atom. The van der Waals surface area contributed by atoms with Crippen molar-refractivity contribution in [3.63, 3.8) is 0 Å². The largest absolute Gasteiger partial charge is 0.480 e. The van der Waals surface area contributed by atoms with E-state index in [0.717, 1.165) is 11.1 Å². The summed E-state index contributed by atoms with van der Waals surface area (Å²) in [4.78, 5) is 25.4. The first-order valence-corrected chi connectivity index (χ1v) is 7.62. The van der Waals surface area contributed by atoms with E-state index in [0.29, 0.717) is 0 Å². The minimum absolute atomic E-state index is 0.647. The maximum Gasteiger partial charge on any atom is 0.410 e. The molecule has 1 rings (SSSR count). The van der Waals surface area contributed by atoms with E-state index in [1.54, 1.807) is 20.8 Å². The summed E-state index contributed by atoms with van der Waals surface area (Å²) in [6, 6.07) is 6.56. The van der Waals surface area contributed by atoms with Crippen LogP contribution in [0.15, 0.2) is 24.3 Å². The minimum Gasteiger partial charge on any atom is -0.480 e. The van der Waals surface area contributed by atoms with Crippen molar-refractivity contribution in [1.82, 2.24) is 4.90 Å². The van der Waals surface area contributed by atoms with E-state index in [1.807, 2.05) is 45.0 Å². The summed E-state index contributed by atoms with van der Waals surface area (Å²) in [7, 11) is 1.47. The molecule has 0 spiro atoms. The van der Waals surface area contributed by atoms with Gasteiger partial charge in [-0.25, -0.2) is 9.59 Å². The Morgan fingerprint density at radius 1 is 1.13 bits per heavy atom. The summed E-state index contributed by atoms with van der Waals surface area (Å²) < 4.78 is 5.32. The third-order valence-electron chi connectivity index (χ3n) is 3.83. The van der Waals surface area contributed by atoms with Gasteiger partial charge in [0.2, 0.25) is 0 Å². The Bertz CT molecular complexity index is 587. The molecule has 0 saturated carbocycles. The van der Waals surface area contributed by atoms with Gasteiger partial charge in [-0.2, -0.15) is 0 Å². The van der Waals surface area contributed by atoms with Gasteiger partial charge in [0.15, 0.2) is 0 Å². The molecule has 1 aromatic carbocycles. The number of likely N-dealkylation sites (N-methyl/N-ethyl adjacent to an activating group) is 1. The normalized spacial score (nSPS) is 13.3. The second-order valence-electron chi connectivity index (χ2n) is 7.37. The Morgan fingerprint density at radius 3 is 2.09 bits per heavy atom. The number of rotatable bonds is 4. The van der Waals surface area contributed by atoms with Gasteiger partial charge in [-0.05, 0) is 38.8 Å². The first kappa shape index (κ1) is 19.0. The number of carboxylic acid groups (broad SMARTS) is 1. The molecular formula is C18H27NO4. The van der Waals surface area contributed by atoms with Crippen molar-refractivity contribution in [3.05, 3.63) is 35.4 Å².